The van der Waals surface area contributed by atoms with Gasteiger partial charge in [0.2, 0.25) is 5.91 Å². The van der Waals surface area contributed by atoms with Gasteiger partial charge in [-0.15, -0.1) is 0 Å². The Bertz CT molecular complexity index is 585. The lowest BCUT2D eigenvalue weighted by atomic mass is 10.2. The van der Waals surface area contributed by atoms with Gasteiger partial charge in [0.25, 0.3) is 0 Å². The topological polar surface area (TPSA) is 61.4 Å². The van der Waals surface area contributed by atoms with Crippen molar-refractivity contribution >= 4 is 27.5 Å². The Hall–Kier alpha value is -1.85. The molecule has 4 nitrogen and oxygen atoms in total. The van der Waals surface area contributed by atoms with Gasteiger partial charge in [-0.3, -0.25) is 4.79 Å². The van der Waals surface area contributed by atoms with Gasteiger partial charge in [-0.1, -0.05) is 34.1 Å². The number of hydrogen-bond acceptors (Lipinski definition) is 3. The largest absolute Gasteiger partial charge is 0.508 e. The summed E-state index contributed by atoms with van der Waals surface area (Å²) < 4.78 is 0.923. The van der Waals surface area contributed by atoms with Crippen LogP contribution in [0.1, 0.15) is 5.56 Å². The summed E-state index contributed by atoms with van der Waals surface area (Å²) in [5.41, 5.74) is 1.77. The van der Waals surface area contributed by atoms with Crippen molar-refractivity contribution in [2.45, 2.75) is 6.54 Å². The molecular weight excluding hydrogens is 320 g/mol. The van der Waals surface area contributed by atoms with E-state index in [2.05, 4.69) is 26.6 Å². The fraction of sp³-hybridized carbons (Fsp3) is 0.133. The summed E-state index contributed by atoms with van der Waals surface area (Å²) in [6, 6.07) is 14.3. The summed E-state index contributed by atoms with van der Waals surface area (Å²) in [4.78, 5) is 11.7. The number of benzene rings is 2. The van der Waals surface area contributed by atoms with Gasteiger partial charge in [-0.25, -0.2) is 0 Å². The van der Waals surface area contributed by atoms with Crippen LogP contribution >= 0.6 is 15.9 Å². The summed E-state index contributed by atoms with van der Waals surface area (Å²) in [7, 11) is 0. The van der Waals surface area contributed by atoms with E-state index in [-0.39, 0.29) is 18.2 Å². The lowest BCUT2D eigenvalue weighted by Crippen LogP contribution is -2.27. The number of carbonyl (C=O) groups is 1. The molecule has 1 amide bonds. The molecule has 0 aliphatic heterocycles. The van der Waals surface area contributed by atoms with E-state index < -0.39 is 0 Å². The number of anilines is 1. The molecule has 5 heteroatoms. The number of aromatic hydroxyl groups is 1. The second-order valence-corrected chi connectivity index (χ2v) is 5.24. The average molecular weight is 335 g/mol. The van der Waals surface area contributed by atoms with Crippen molar-refractivity contribution < 1.29 is 9.90 Å². The standard InChI is InChI=1S/C15H15BrN2O2/c16-12-2-1-3-13(8-12)18-15(20)10-17-9-11-4-6-14(19)7-5-11/h1-8,17,19H,9-10H2,(H,18,20). The first kappa shape index (κ1) is 14.6. The van der Waals surface area contributed by atoms with Crippen LogP contribution in [0.4, 0.5) is 5.69 Å². The fourth-order valence-electron chi connectivity index (χ4n) is 1.71. The van der Waals surface area contributed by atoms with Crippen LogP contribution in [0.3, 0.4) is 0 Å². The molecule has 0 bridgehead atoms. The van der Waals surface area contributed by atoms with Gasteiger partial charge in [0.05, 0.1) is 6.54 Å². The number of hydrogen-bond donors (Lipinski definition) is 3. The molecule has 0 aliphatic carbocycles. The van der Waals surface area contributed by atoms with Crippen molar-refractivity contribution in [3.63, 3.8) is 0 Å². The Kier molecular flexibility index (Phi) is 5.15. The van der Waals surface area contributed by atoms with Crippen LogP contribution in [0.15, 0.2) is 53.0 Å². The van der Waals surface area contributed by atoms with E-state index in [1.807, 2.05) is 36.4 Å². The number of halogens is 1. The van der Waals surface area contributed by atoms with E-state index >= 15 is 0 Å². The van der Waals surface area contributed by atoms with E-state index in [0.29, 0.717) is 6.54 Å². The van der Waals surface area contributed by atoms with Crippen molar-refractivity contribution in [3.05, 3.63) is 58.6 Å². The summed E-state index contributed by atoms with van der Waals surface area (Å²) in [5.74, 6) is 0.142. The van der Waals surface area contributed by atoms with Crippen LogP contribution < -0.4 is 10.6 Å². The summed E-state index contributed by atoms with van der Waals surface area (Å²) in [6.07, 6.45) is 0. The van der Waals surface area contributed by atoms with Gasteiger partial charge in [-0.05, 0) is 35.9 Å². The first-order chi connectivity index (χ1) is 9.63. The molecular formula is C15H15BrN2O2. The predicted octanol–water partition coefficient (Wildman–Crippen LogP) is 2.88. The van der Waals surface area contributed by atoms with Crippen molar-refractivity contribution in [2.24, 2.45) is 0 Å². The number of phenols is 1. The summed E-state index contributed by atoms with van der Waals surface area (Å²) in [6.45, 7) is 0.805. The first-order valence-electron chi connectivity index (χ1n) is 6.17. The van der Waals surface area contributed by atoms with E-state index in [0.717, 1.165) is 15.7 Å². The SMILES string of the molecule is O=C(CNCc1ccc(O)cc1)Nc1cccc(Br)c1. The van der Waals surface area contributed by atoms with E-state index in [1.54, 1.807) is 12.1 Å². The molecule has 0 aliphatic rings. The van der Waals surface area contributed by atoms with Gasteiger partial charge in [0, 0.05) is 16.7 Å². The Labute approximate surface area is 126 Å². The molecule has 0 atom stereocenters. The maximum atomic E-state index is 11.7. The van der Waals surface area contributed by atoms with Gasteiger partial charge < -0.3 is 15.7 Å². The summed E-state index contributed by atoms with van der Waals surface area (Å²) >= 11 is 3.35. The monoisotopic (exact) mass is 334 g/mol. The van der Waals surface area contributed by atoms with Crippen molar-refractivity contribution in [2.75, 3.05) is 11.9 Å². The molecule has 104 valence electrons. The van der Waals surface area contributed by atoms with Gasteiger partial charge in [0.1, 0.15) is 5.75 Å². The zero-order valence-corrected chi connectivity index (χ0v) is 12.4. The predicted molar refractivity (Wildman–Crippen MR) is 82.6 cm³/mol. The first-order valence-corrected chi connectivity index (χ1v) is 6.97. The molecule has 0 saturated carbocycles. The smallest absolute Gasteiger partial charge is 0.238 e. The lowest BCUT2D eigenvalue weighted by Gasteiger charge is -2.07. The van der Waals surface area contributed by atoms with Crippen molar-refractivity contribution in [3.8, 4) is 5.75 Å². The molecule has 2 aromatic carbocycles. The number of nitrogens with one attached hydrogen (secondary N) is 2. The molecule has 3 N–H and O–H groups in total. The lowest BCUT2D eigenvalue weighted by molar-refractivity contribution is -0.115. The minimum Gasteiger partial charge on any atom is -0.508 e. The Morgan fingerprint density at radius 1 is 1.15 bits per heavy atom. The maximum Gasteiger partial charge on any atom is 0.238 e. The molecule has 0 unspecified atom stereocenters. The Morgan fingerprint density at radius 2 is 1.90 bits per heavy atom. The van der Waals surface area contributed by atoms with E-state index in [9.17, 15) is 4.79 Å². The minimum atomic E-state index is -0.0955. The van der Waals surface area contributed by atoms with Crippen molar-refractivity contribution in [1.29, 1.82) is 0 Å². The molecule has 0 fully saturated rings. The highest BCUT2D eigenvalue weighted by Crippen LogP contribution is 2.15. The molecule has 0 spiro atoms. The highest BCUT2D eigenvalue weighted by Gasteiger charge is 2.02. The summed E-state index contributed by atoms with van der Waals surface area (Å²) in [5, 5.41) is 15.0. The molecule has 2 aromatic rings. The molecule has 0 heterocycles. The number of rotatable bonds is 5. The molecule has 20 heavy (non-hydrogen) atoms. The Morgan fingerprint density at radius 3 is 2.60 bits per heavy atom. The zero-order valence-electron chi connectivity index (χ0n) is 10.8. The zero-order chi connectivity index (χ0) is 14.4. The van der Waals surface area contributed by atoms with Crippen LogP contribution in [0, 0.1) is 0 Å². The average Bonchev–Trinajstić information content (AvgIpc) is 2.41. The van der Waals surface area contributed by atoms with E-state index in [4.69, 9.17) is 5.11 Å². The highest BCUT2D eigenvalue weighted by molar-refractivity contribution is 9.10. The third-order valence-corrected chi connectivity index (χ3v) is 3.15. The second-order valence-electron chi connectivity index (χ2n) is 4.33. The van der Waals surface area contributed by atoms with Crippen LogP contribution in [0.5, 0.6) is 5.75 Å². The van der Waals surface area contributed by atoms with Crippen LogP contribution in [-0.4, -0.2) is 17.6 Å². The highest BCUT2D eigenvalue weighted by atomic mass is 79.9. The van der Waals surface area contributed by atoms with Crippen molar-refractivity contribution in [1.82, 2.24) is 5.32 Å². The van der Waals surface area contributed by atoms with Gasteiger partial charge in [-0.2, -0.15) is 0 Å². The third-order valence-electron chi connectivity index (χ3n) is 2.66. The van der Waals surface area contributed by atoms with Crippen LogP contribution in [0.2, 0.25) is 0 Å². The quantitative estimate of drug-likeness (QED) is 0.787. The van der Waals surface area contributed by atoms with Crippen LogP contribution in [0.25, 0.3) is 0 Å². The second kappa shape index (κ2) is 7.07. The van der Waals surface area contributed by atoms with Gasteiger partial charge >= 0.3 is 0 Å². The fourth-order valence-corrected chi connectivity index (χ4v) is 2.10. The maximum absolute atomic E-state index is 11.7. The number of amides is 1. The molecule has 0 radical (unpaired) electrons. The van der Waals surface area contributed by atoms with E-state index in [1.165, 1.54) is 0 Å². The molecule has 0 saturated heterocycles. The molecule has 0 aromatic heterocycles. The number of carbonyl (C=O) groups excluding carboxylic acids is 1. The minimum absolute atomic E-state index is 0.0955. The number of phenolic OH excluding ortho intramolecular Hbond substituents is 1. The van der Waals surface area contributed by atoms with Crippen LogP contribution in [-0.2, 0) is 11.3 Å². The van der Waals surface area contributed by atoms with Gasteiger partial charge in [0.15, 0.2) is 0 Å². The third kappa shape index (κ3) is 4.68. The Balaban J connectivity index is 1.76. The normalized spacial score (nSPS) is 10.2. The molecule has 2 rings (SSSR count).